The van der Waals surface area contributed by atoms with Gasteiger partial charge in [0.15, 0.2) is 0 Å². The molecule has 1 aromatic carbocycles. The molecule has 0 saturated heterocycles. The lowest BCUT2D eigenvalue weighted by molar-refractivity contribution is -0.166. The van der Waals surface area contributed by atoms with Gasteiger partial charge in [-0.3, -0.25) is 5.32 Å². The van der Waals surface area contributed by atoms with Gasteiger partial charge in [-0.05, 0) is 18.9 Å². The Morgan fingerprint density at radius 1 is 1.32 bits per heavy atom. The Hall–Kier alpha value is -1.43. The summed E-state index contributed by atoms with van der Waals surface area (Å²) in [5.74, 6) is 0.666. The summed E-state index contributed by atoms with van der Waals surface area (Å²) in [6.45, 7) is 1.43. The highest BCUT2D eigenvalue weighted by Crippen LogP contribution is 2.49. The lowest BCUT2D eigenvalue weighted by atomic mass is 10.1. The number of hydrogen-bond donors (Lipinski definition) is 2. The Balaban J connectivity index is 1.74. The molecule has 1 aliphatic carbocycles. The standard InChI is InChI=1S/C13H15F3N2O/c14-13(15,16)12(4-5-12)18-8-9-2-1-3-10-11(9)19-7-6-17-10/h1-3,17-18H,4-8H2. The molecule has 0 amide bonds. The Labute approximate surface area is 109 Å². The Morgan fingerprint density at radius 2 is 2.11 bits per heavy atom. The summed E-state index contributed by atoms with van der Waals surface area (Å²) in [7, 11) is 0. The van der Waals surface area contributed by atoms with Gasteiger partial charge in [0, 0.05) is 18.7 Å². The molecule has 3 rings (SSSR count). The van der Waals surface area contributed by atoms with Crippen LogP contribution in [0.3, 0.4) is 0 Å². The predicted molar refractivity (Wildman–Crippen MR) is 65.3 cm³/mol. The van der Waals surface area contributed by atoms with Crippen LogP contribution in [0.4, 0.5) is 18.9 Å². The van der Waals surface area contributed by atoms with Crippen LogP contribution in [0.5, 0.6) is 5.75 Å². The van der Waals surface area contributed by atoms with Gasteiger partial charge in [-0.1, -0.05) is 12.1 Å². The molecule has 2 N–H and O–H groups in total. The Kier molecular flexibility index (Phi) is 2.85. The number of halogens is 3. The van der Waals surface area contributed by atoms with Crippen molar-refractivity contribution < 1.29 is 17.9 Å². The molecule has 0 bridgehead atoms. The number of benzene rings is 1. The first-order valence-corrected chi connectivity index (χ1v) is 6.32. The maximum absolute atomic E-state index is 12.8. The van der Waals surface area contributed by atoms with Crippen molar-refractivity contribution in [3.05, 3.63) is 23.8 Å². The van der Waals surface area contributed by atoms with Crippen LogP contribution < -0.4 is 15.4 Å². The highest BCUT2D eigenvalue weighted by atomic mass is 19.4. The van der Waals surface area contributed by atoms with Gasteiger partial charge in [0.2, 0.25) is 0 Å². The molecule has 0 aromatic heterocycles. The van der Waals surface area contributed by atoms with Crippen molar-refractivity contribution >= 4 is 5.69 Å². The first-order valence-electron chi connectivity index (χ1n) is 6.32. The van der Waals surface area contributed by atoms with Crippen LogP contribution in [-0.2, 0) is 6.54 Å². The van der Waals surface area contributed by atoms with Crippen molar-refractivity contribution in [1.82, 2.24) is 5.32 Å². The highest BCUT2D eigenvalue weighted by molar-refractivity contribution is 5.61. The summed E-state index contributed by atoms with van der Waals surface area (Å²) in [5.41, 5.74) is -0.0692. The second-order valence-corrected chi connectivity index (χ2v) is 5.00. The quantitative estimate of drug-likeness (QED) is 0.887. The number of ether oxygens (including phenoxy) is 1. The molecule has 0 radical (unpaired) electrons. The summed E-state index contributed by atoms with van der Waals surface area (Å²) in [5, 5.41) is 5.81. The van der Waals surface area contributed by atoms with Crippen LogP contribution >= 0.6 is 0 Å². The normalized spacial score (nSPS) is 20.2. The zero-order chi connectivity index (χ0) is 13.5. The van der Waals surface area contributed by atoms with E-state index in [-0.39, 0.29) is 19.4 Å². The van der Waals surface area contributed by atoms with Gasteiger partial charge < -0.3 is 10.1 Å². The lowest BCUT2D eigenvalue weighted by Gasteiger charge is -2.24. The summed E-state index contributed by atoms with van der Waals surface area (Å²) in [4.78, 5) is 0. The van der Waals surface area contributed by atoms with Crippen LogP contribution in [-0.4, -0.2) is 24.9 Å². The third kappa shape index (κ3) is 2.25. The average Bonchev–Trinajstić information content (AvgIpc) is 3.17. The molecule has 1 saturated carbocycles. The first-order chi connectivity index (χ1) is 9.02. The van der Waals surface area contributed by atoms with Gasteiger partial charge in [-0.25, -0.2) is 0 Å². The molecule has 1 aliphatic heterocycles. The summed E-state index contributed by atoms with van der Waals surface area (Å²) < 4.78 is 44.0. The van der Waals surface area contributed by atoms with Gasteiger partial charge in [-0.2, -0.15) is 13.2 Å². The fourth-order valence-corrected chi connectivity index (χ4v) is 2.32. The highest BCUT2D eigenvalue weighted by Gasteiger charge is 2.62. The molecule has 6 heteroatoms. The third-order valence-electron chi connectivity index (χ3n) is 3.67. The number of hydrogen-bond acceptors (Lipinski definition) is 3. The largest absolute Gasteiger partial charge is 0.489 e. The number of anilines is 1. The number of alkyl halides is 3. The third-order valence-corrected chi connectivity index (χ3v) is 3.67. The van der Waals surface area contributed by atoms with Crippen LogP contribution in [0, 0.1) is 0 Å². The fourth-order valence-electron chi connectivity index (χ4n) is 2.32. The van der Waals surface area contributed by atoms with E-state index in [1.54, 1.807) is 6.07 Å². The molecule has 3 nitrogen and oxygen atoms in total. The molecule has 0 atom stereocenters. The Bertz CT molecular complexity index is 483. The summed E-state index contributed by atoms with van der Waals surface area (Å²) in [6, 6.07) is 5.49. The smallest absolute Gasteiger partial charge is 0.406 e. The van der Waals surface area contributed by atoms with Gasteiger partial charge >= 0.3 is 6.18 Å². The van der Waals surface area contributed by atoms with E-state index >= 15 is 0 Å². The van der Waals surface area contributed by atoms with Crippen LogP contribution in [0.1, 0.15) is 18.4 Å². The van der Waals surface area contributed by atoms with Crippen molar-refractivity contribution in [3.8, 4) is 5.75 Å². The molecule has 1 heterocycles. The van der Waals surface area contributed by atoms with Crippen LogP contribution in [0.25, 0.3) is 0 Å². The van der Waals surface area contributed by atoms with E-state index in [9.17, 15) is 13.2 Å². The zero-order valence-electron chi connectivity index (χ0n) is 10.3. The van der Waals surface area contributed by atoms with E-state index in [2.05, 4.69) is 10.6 Å². The van der Waals surface area contributed by atoms with Gasteiger partial charge in [-0.15, -0.1) is 0 Å². The minimum absolute atomic E-state index is 0.157. The maximum atomic E-state index is 12.8. The molecule has 0 unspecified atom stereocenters. The van der Waals surface area contributed by atoms with E-state index in [0.717, 1.165) is 17.8 Å². The van der Waals surface area contributed by atoms with E-state index in [1.165, 1.54) is 0 Å². The van der Waals surface area contributed by atoms with Gasteiger partial charge in [0.25, 0.3) is 0 Å². The molecular formula is C13H15F3N2O. The lowest BCUT2D eigenvalue weighted by Crippen LogP contribution is -2.44. The Morgan fingerprint density at radius 3 is 2.79 bits per heavy atom. The monoisotopic (exact) mass is 272 g/mol. The molecule has 0 spiro atoms. The fraction of sp³-hybridized carbons (Fsp3) is 0.538. The van der Waals surface area contributed by atoms with Crippen molar-refractivity contribution in [2.75, 3.05) is 18.5 Å². The molecular weight excluding hydrogens is 257 g/mol. The van der Waals surface area contributed by atoms with Gasteiger partial charge in [0.1, 0.15) is 17.9 Å². The van der Waals surface area contributed by atoms with Crippen LogP contribution in [0.2, 0.25) is 0 Å². The van der Waals surface area contributed by atoms with Crippen LogP contribution in [0.15, 0.2) is 18.2 Å². The molecule has 1 aromatic rings. The number of nitrogens with one attached hydrogen (secondary N) is 2. The zero-order valence-corrected chi connectivity index (χ0v) is 10.3. The minimum atomic E-state index is -4.18. The van der Waals surface area contributed by atoms with E-state index in [0.29, 0.717) is 12.4 Å². The van der Waals surface area contributed by atoms with Crippen molar-refractivity contribution in [2.24, 2.45) is 0 Å². The minimum Gasteiger partial charge on any atom is -0.489 e. The van der Waals surface area contributed by atoms with Crippen molar-refractivity contribution in [3.63, 3.8) is 0 Å². The van der Waals surface area contributed by atoms with Crippen molar-refractivity contribution in [1.29, 1.82) is 0 Å². The van der Waals surface area contributed by atoms with E-state index in [4.69, 9.17) is 4.74 Å². The second kappa shape index (κ2) is 4.30. The maximum Gasteiger partial charge on any atom is 0.406 e. The molecule has 2 aliphatic rings. The summed E-state index contributed by atoms with van der Waals surface area (Å²) >= 11 is 0. The molecule has 19 heavy (non-hydrogen) atoms. The molecule has 104 valence electrons. The average molecular weight is 272 g/mol. The van der Waals surface area contributed by atoms with E-state index in [1.807, 2.05) is 12.1 Å². The SMILES string of the molecule is FC(F)(F)C1(NCc2cccc3c2OCCN3)CC1. The summed E-state index contributed by atoms with van der Waals surface area (Å²) in [6.07, 6.45) is -3.86. The first kappa shape index (κ1) is 12.6. The van der Waals surface area contributed by atoms with E-state index < -0.39 is 11.7 Å². The number of fused-ring (bicyclic) bond motifs is 1. The van der Waals surface area contributed by atoms with Gasteiger partial charge in [0.05, 0.1) is 5.69 Å². The molecule has 1 fully saturated rings. The predicted octanol–water partition coefficient (Wildman–Crippen LogP) is 2.68. The second-order valence-electron chi connectivity index (χ2n) is 5.00. The number of rotatable bonds is 3. The number of para-hydroxylation sites is 1. The van der Waals surface area contributed by atoms with Crippen molar-refractivity contribution in [2.45, 2.75) is 31.1 Å². The topological polar surface area (TPSA) is 33.3 Å².